The molecule has 0 spiro atoms. The summed E-state index contributed by atoms with van der Waals surface area (Å²) in [6.45, 7) is 7.81. The molecule has 3 rings (SSSR count). The first-order valence-corrected chi connectivity index (χ1v) is 10.6. The zero-order valence-corrected chi connectivity index (χ0v) is 17.5. The fraction of sp³-hybridized carbons (Fsp3) is 0.421. The van der Waals surface area contributed by atoms with E-state index in [-0.39, 0.29) is 17.3 Å². The van der Waals surface area contributed by atoms with Crippen LogP contribution in [0, 0.1) is 0 Å². The number of anilines is 1. The van der Waals surface area contributed by atoms with E-state index >= 15 is 0 Å². The third kappa shape index (κ3) is 4.32. The predicted molar refractivity (Wildman–Crippen MR) is 109 cm³/mol. The first-order chi connectivity index (χ1) is 13.0. The highest BCUT2D eigenvalue weighted by molar-refractivity contribution is 7.91. The van der Waals surface area contributed by atoms with Crippen molar-refractivity contribution in [2.75, 3.05) is 11.8 Å². The molecule has 0 radical (unpaired) electrons. The average Bonchev–Trinajstić information content (AvgIpc) is 2.82. The van der Waals surface area contributed by atoms with E-state index in [1.807, 2.05) is 33.8 Å². The molecule has 2 heterocycles. The lowest BCUT2D eigenvalue weighted by molar-refractivity contribution is 0.00578. The van der Waals surface area contributed by atoms with Gasteiger partial charge in [-0.1, -0.05) is 30.3 Å². The Labute approximate surface area is 166 Å². The first kappa shape index (κ1) is 20.6. The van der Waals surface area contributed by atoms with E-state index in [4.69, 9.17) is 14.0 Å². The van der Waals surface area contributed by atoms with E-state index in [2.05, 4.69) is 9.71 Å². The Morgan fingerprint density at radius 1 is 1.11 bits per heavy atom. The van der Waals surface area contributed by atoms with Crippen molar-refractivity contribution < 1.29 is 22.5 Å². The molecule has 0 saturated carbocycles. The van der Waals surface area contributed by atoms with Gasteiger partial charge in [0.05, 0.1) is 24.1 Å². The predicted octanol–water partition coefficient (Wildman–Crippen LogP) is 2.33. The fourth-order valence-corrected chi connectivity index (χ4v) is 3.99. The summed E-state index contributed by atoms with van der Waals surface area (Å²) in [7, 11) is -2.87. The summed E-state index contributed by atoms with van der Waals surface area (Å²) in [5, 5.41) is 0. The van der Waals surface area contributed by atoms with E-state index in [9.17, 15) is 8.42 Å². The minimum absolute atomic E-state index is 0.155. The van der Waals surface area contributed by atoms with E-state index < -0.39 is 28.3 Å². The van der Waals surface area contributed by atoms with Gasteiger partial charge in [-0.15, -0.1) is 0 Å². The first-order valence-electron chi connectivity index (χ1n) is 8.97. The summed E-state index contributed by atoms with van der Waals surface area (Å²) < 4.78 is 45.1. The summed E-state index contributed by atoms with van der Waals surface area (Å²) in [4.78, 5) is 4.22. The number of benzene rings is 1. The maximum atomic E-state index is 12.6. The van der Waals surface area contributed by atoms with Crippen LogP contribution in [0.5, 0.6) is 5.88 Å². The molecule has 1 aromatic carbocycles. The normalized spacial score (nSPS) is 18.1. The van der Waals surface area contributed by atoms with Crippen LogP contribution in [0.15, 0.2) is 42.6 Å². The van der Waals surface area contributed by atoms with Gasteiger partial charge in [-0.2, -0.15) is 0 Å². The van der Waals surface area contributed by atoms with Gasteiger partial charge in [0.15, 0.2) is 0 Å². The Morgan fingerprint density at radius 3 is 2.29 bits per heavy atom. The topological polar surface area (TPSA) is 86.8 Å². The quantitative estimate of drug-likeness (QED) is 0.744. The van der Waals surface area contributed by atoms with Crippen LogP contribution in [-0.2, 0) is 25.1 Å². The smallest absolute Gasteiger partial charge is 0.480 e. The molecule has 1 fully saturated rings. The molecule has 2 aromatic rings. The van der Waals surface area contributed by atoms with Gasteiger partial charge in [0.25, 0.3) is 0 Å². The summed E-state index contributed by atoms with van der Waals surface area (Å²) in [6.07, 6.45) is 1.57. The fourth-order valence-electron chi connectivity index (χ4n) is 2.81. The maximum absolute atomic E-state index is 12.6. The summed E-state index contributed by atoms with van der Waals surface area (Å²) in [6, 6.07) is 10.6. The van der Waals surface area contributed by atoms with Crippen LogP contribution < -0.4 is 14.9 Å². The number of pyridine rings is 1. The van der Waals surface area contributed by atoms with Gasteiger partial charge in [-0.05, 0) is 39.3 Å². The van der Waals surface area contributed by atoms with Crippen molar-refractivity contribution in [3.63, 3.8) is 0 Å². The molecule has 7 nitrogen and oxygen atoms in total. The number of aromatic nitrogens is 1. The van der Waals surface area contributed by atoms with Crippen molar-refractivity contribution in [2.24, 2.45) is 0 Å². The maximum Gasteiger partial charge on any atom is 0.496 e. The number of sulfonamides is 1. The molecular weight excluding hydrogens is 379 g/mol. The SMILES string of the molecule is COc1ncc(B2OC(C)(C)C(C)(C)O2)cc1NS(=O)(=O)Cc1ccccc1. The van der Waals surface area contributed by atoms with Crippen molar-refractivity contribution >= 4 is 28.3 Å². The van der Waals surface area contributed by atoms with E-state index in [0.29, 0.717) is 11.0 Å². The summed E-state index contributed by atoms with van der Waals surface area (Å²) in [5.41, 5.74) is 0.515. The van der Waals surface area contributed by atoms with Gasteiger partial charge in [0, 0.05) is 11.7 Å². The molecule has 1 aromatic heterocycles. The van der Waals surface area contributed by atoms with Gasteiger partial charge < -0.3 is 14.0 Å². The van der Waals surface area contributed by atoms with Crippen molar-refractivity contribution in [3.05, 3.63) is 48.2 Å². The largest absolute Gasteiger partial charge is 0.496 e. The third-order valence-electron chi connectivity index (χ3n) is 5.06. The van der Waals surface area contributed by atoms with E-state index in [1.54, 1.807) is 36.5 Å². The molecule has 9 heteroatoms. The zero-order valence-electron chi connectivity index (χ0n) is 16.7. The lowest BCUT2D eigenvalue weighted by atomic mass is 9.80. The van der Waals surface area contributed by atoms with Crippen molar-refractivity contribution in [3.8, 4) is 5.88 Å². The van der Waals surface area contributed by atoms with Crippen LogP contribution in [0.1, 0.15) is 33.3 Å². The number of methoxy groups -OCH3 is 1. The lowest BCUT2D eigenvalue weighted by Crippen LogP contribution is -2.41. The molecule has 0 amide bonds. The van der Waals surface area contributed by atoms with E-state index in [0.717, 1.165) is 0 Å². The van der Waals surface area contributed by atoms with E-state index in [1.165, 1.54) is 7.11 Å². The summed E-state index contributed by atoms with van der Waals surface area (Å²) >= 11 is 0. The number of ether oxygens (including phenoxy) is 1. The van der Waals surface area contributed by atoms with Gasteiger partial charge in [0.2, 0.25) is 15.9 Å². The molecule has 1 aliphatic rings. The number of rotatable bonds is 6. The van der Waals surface area contributed by atoms with Gasteiger partial charge in [0.1, 0.15) is 5.69 Å². The number of hydrogen-bond donors (Lipinski definition) is 1. The highest BCUT2D eigenvalue weighted by Crippen LogP contribution is 2.36. The Balaban J connectivity index is 1.86. The molecule has 1 N–H and O–H groups in total. The van der Waals surface area contributed by atoms with Crippen LogP contribution in [0.4, 0.5) is 5.69 Å². The molecule has 28 heavy (non-hydrogen) atoms. The second-order valence-electron chi connectivity index (χ2n) is 7.76. The Hall–Kier alpha value is -2.10. The van der Waals surface area contributed by atoms with Crippen LogP contribution in [0.25, 0.3) is 0 Å². The second kappa shape index (κ2) is 7.38. The number of nitrogens with one attached hydrogen (secondary N) is 1. The zero-order chi connectivity index (χ0) is 20.6. The highest BCUT2D eigenvalue weighted by atomic mass is 32.2. The number of hydrogen-bond acceptors (Lipinski definition) is 6. The molecule has 0 aliphatic carbocycles. The third-order valence-corrected chi connectivity index (χ3v) is 6.30. The Morgan fingerprint density at radius 2 is 1.71 bits per heavy atom. The molecule has 1 saturated heterocycles. The summed E-state index contributed by atoms with van der Waals surface area (Å²) in [5.74, 6) is 0.0226. The van der Waals surface area contributed by atoms with Crippen LogP contribution in [-0.4, -0.2) is 38.8 Å². The lowest BCUT2D eigenvalue weighted by Gasteiger charge is -2.32. The van der Waals surface area contributed by atoms with Crippen LogP contribution >= 0.6 is 0 Å². The molecule has 150 valence electrons. The highest BCUT2D eigenvalue weighted by Gasteiger charge is 2.52. The van der Waals surface area contributed by atoms with Crippen molar-refractivity contribution in [2.45, 2.75) is 44.6 Å². The molecular formula is C19H25BN2O5S. The Bertz CT molecular complexity index is 932. The van der Waals surface area contributed by atoms with Gasteiger partial charge in [-0.3, -0.25) is 4.72 Å². The average molecular weight is 404 g/mol. The molecule has 0 bridgehead atoms. The van der Waals surface area contributed by atoms with Crippen LogP contribution in [0.3, 0.4) is 0 Å². The second-order valence-corrected chi connectivity index (χ2v) is 9.48. The van der Waals surface area contributed by atoms with Gasteiger partial charge >= 0.3 is 7.12 Å². The number of nitrogens with zero attached hydrogens (tertiary/aromatic N) is 1. The minimum atomic E-state index is -3.66. The van der Waals surface area contributed by atoms with Crippen LogP contribution in [0.2, 0.25) is 0 Å². The standard InChI is InChI=1S/C19H25BN2O5S/c1-18(2)19(3,4)27-20(26-18)15-11-16(17(25-5)21-12-15)22-28(23,24)13-14-9-7-6-8-10-14/h6-12,22H,13H2,1-5H3. The van der Waals surface area contributed by atoms with Crippen molar-refractivity contribution in [1.82, 2.24) is 4.98 Å². The molecule has 1 aliphatic heterocycles. The monoisotopic (exact) mass is 404 g/mol. The Kier molecular flexibility index (Phi) is 5.44. The van der Waals surface area contributed by atoms with Crippen molar-refractivity contribution in [1.29, 1.82) is 0 Å². The molecule has 0 unspecified atom stereocenters. The minimum Gasteiger partial charge on any atom is -0.480 e. The van der Waals surface area contributed by atoms with Gasteiger partial charge in [-0.25, -0.2) is 13.4 Å². The molecule has 0 atom stereocenters.